The van der Waals surface area contributed by atoms with E-state index in [0.29, 0.717) is 10.3 Å². The van der Waals surface area contributed by atoms with Crippen LogP contribution in [0.3, 0.4) is 0 Å². The molecular weight excluding hydrogens is 258 g/mol. The molecule has 1 amide bonds. The zero-order valence-corrected chi connectivity index (χ0v) is 9.49. The molecule has 1 rings (SSSR count). The third kappa shape index (κ3) is 3.35. The molecule has 0 fully saturated rings. The summed E-state index contributed by atoms with van der Waals surface area (Å²) < 4.78 is 0.561. The molecule has 0 radical (unpaired) electrons. The van der Waals surface area contributed by atoms with Crippen LogP contribution in [0, 0.1) is 12.3 Å². The Morgan fingerprint density at radius 1 is 1.80 bits per heavy atom. The molecule has 0 saturated heterocycles. The van der Waals surface area contributed by atoms with E-state index in [-0.39, 0.29) is 12.3 Å². The highest BCUT2D eigenvalue weighted by molar-refractivity contribution is 9.10. The zero-order valence-electron chi connectivity index (χ0n) is 7.90. The van der Waals surface area contributed by atoms with Crippen LogP contribution in [0.15, 0.2) is 22.9 Å². The van der Waals surface area contributed by atoms with E-state index in [2.05, 4.69) is 32.2 Å². The number of amides is 1. The average molecular weight is 268 g/mol. The largest absolute Gasteiger partial charge is 0.322 e. The summed E-state index contributed by atoms with van der Waals surface area (Å²) in [5.41, 5.74) is 6.11. The summed E-state index contributed by atoms with van der Waals surface area (Å²) >= 11 is 3.21. The Balaban J connectivity index is 2.67. The summed E-state index contributed by atoms with van der Waals surface area (Å²) in [4.78, 5) is 15.4. The lowest BCUT2D eigenvalue weighted by Gasteiger charge is -2.10. The fourth-order valence-electron chi connectivity index (χ4n) is 0.924. The maximum atomic E-state index is 11.5. The summed E-state index contributed by atoms with van der Waals surface area (Å²) in [6, 6.07) is 2.74. The highest BCUT2D eigenvalue weighted by Crippen LogP contribution is 2.18. The van der Waals surface area contributed by atoms with Gasteiger partial charge in [-0.05, 0) is 28.1 Å². The number of aromatic nitrogens is 1. The van der Waals surface area contributed by atoms with Gasteiger partial charge in [-0.1, -0.05) is 0 Å². The molecule has 1 aromatic rings. The fraction of sp³-hybridized carbons (Fsp3) is 0.200. The number of carbonyl (C=O) groups is 1. The van der Waals surface area contributed by atoms with Crippen molar-refractivity contribution >= 4 is 27.5 Å². The van der Waals surface area contributed by atoms with Crippen molar-refractivity contribution < 1.29 is 4.79 Å². The van der Waals surface area contributed by atoms with Gasteiger partial charge in [0.1, 0.15) is 4.60 Å². The lowest BCUT2D eigenvalue weighted by Crippen LogP contribution is -2.35. The molecule has 0 aliphatic rings. The molecular formula is C10H10BrN3O. The van der Waals surface area contributed by atoms with Gasteiger partial charge in [0.2, 0.25) is 5.91 Å². The van der Waals surface area contributed by atoms with Crippen LogP contribution in [0.4, 0.5) is 5.69 Å². The molecule has 1 unspecified atom stereocenters. The Kier molecular flexibility index (Phi) is 4.28. The maximum Gasteiger partial charge on any atom is 0.242 e. The third-order valence-corrected chi connectivity index (χ3v) is 2.32. The zero-order chi connectivity index (χ0) is 11.3. The number of pyridine rings is 1. The van der Waals surface area contributed by atoms with E-state index < -0.39 is 6.04 Å². The first-order chi connectivity index (χ1) is 7.15. The highest BCUT2D eigenvalue weighted by atomic mass is 79.9. The number of hydrogen-bond donors (Lipinski definition) is 2. The Morgan fingerprint density at radius 3 is 3.13 bits per heavy atom. The number of hydrogen-bond acceptors (Lipinski definition) is 3. The second-order valence-electron chi connectivity index (χ2n) is 2.85. The third-order valence-electron chi connectivity index (χ3n) is 1.69. The van der Waals surface area contributed by atoms with Gasteiger partial charge in [-0.15, -0.1) is 12.3 Å². The first kappa shape index (κ1) is 11.7. The van der Waals surface area contributed by atoms with Crippen molar-refractivity contribution in [2.45, 2.75) is 12.5 Å². The first-order valence-electron chi connectivity index (χ1n) is 4.25. The molecule has 1 atom stereocenters. The summed E-state index contributed by atoms with van der Waals surface area (Å²) in [7, 11) is 0. The Hall–Kier alpha value is -1.38. The van der Waals surface area contributed by atoms with Gasteiger partial charge in [0, 0.05) is 12.6 Å². The van der Waals surface area contributed by atoms with E-state index in [0.717, 1.165) is 0 Å². The number of nitrogens with one attached hydrogen (secondary N) is 1. The van der Waals surface area contributed by atoms with Crippen LogP contribution in [-0.4, -0.2) is 16.9 Å². The van der Waals surface area contributed by atoms with Gasteiger partial charge in [-0.2, -0.15) is 0 Å². The normalized spacial score (nSPS) is 11.5. The van der Waals surface area contributed by atoms with Gasteiger partial charge in [-0.3, -0.25) is 4.79 Å². The minimum absolute atomic E-state index is 0.212. The number of anilines is 1. The highest BCUT2D eigenvalue weighted by Gasteiger charge is 2.13. The van der Waals surface area contributed by atoms with Crippen molar-refractivity contribution in [1.82, 2.24) is 4.98 Å². The molecule has 3 N–H and O–H groups in total. The van der Waals surface area contributed by atoms with Crippen LogP contribution in [0.2, 0.25) is 0 Å². The van der Waals surface area contributed by atoms with Crippen LogP contribution in [-0.2, 0) is 4.79 Å². The molecule has 0 spiro atoms. The number of nitrogens with zero attached hydrogens (tertiary/aromatic N) is 1. The molecule has 78 valence electrons. The number of carbonyl (C=O) groups excluding carboxylic acids is 1. The second kappa shape index (κ2) is 5.49. The molecule has 1 heterocycles. The first-order valence-corrected chi connectivity index (χ1v) is 5.05. The molecule has 0 bridgehead atoms. The predicted octanol–water partition coefficient (Wildman–Crippen LogP) is 1.13. The summed E-state index contributed by atoms with van der Waals surface area (Å²) in [5.74, 6) is 2.02. The Labute approximate surface area is 96.4 Å². The van der Waals surface area contributed by atoms with Crippen molar-refractivity contribution in [2.75, 3.05) is 5.32 Å². The van der Waals surface area contributed by atoms with Crippen LogP contribution in [0.25, 0.3) is 0 Å². The van der Waals surface area contributed by atoms with Crippen molar-refractivity contribution in [3.05, 3.63) is 22.9 Å². The molecule has 0 aromatic carbocycles. The topological polar surface area (TPSA) is 68.0 Å². The molecule has 5 heteroatoms. The van der Waals surface area contributed by atoms with Gasteiger partial charge in [0.05, 0.1) is 11.7 Å². The van der Waals surface area contributed by atoms with Crippen LogP contribution in [0.1, 0.15) is 6.42 Å². The van der Waals surface area contributed by atoms with E-state index in [9.17, 15) is 4.79 Å². The summed E-state index contributed by atoms with van der Waals surface area (Å²) in [6.07, 6.45) is 6.88. The average Bonchev–Trinajstić information content (AvgIpc) is 2.21. The van der Waals surface area contributed by atoms with Gasteiger partial charge in [0.25, 0.3) is 0 Å². The van der Waals surface area contributed by atoms with Crippen molar-refractivity contribution in [3.8, 4) is 12.3 Å². The Morgan fingerprint density at radius 2 is 2.53 bits per heavy atom. The van der Waals surface area contributed by atoms with Crippen molar-refractivity contribution in [2.24, 2.45) is 5.73 Å². The molecule has 0 aliphatic heterocycles. The lowest BCUT2D eigenvalue weighted by atomic mass is 10.2. The van der Waals surface area contributed by atoms with Gasteiger partial charge in [-0.25, -0.2) is 4.98 Å². The minimum atomic E-state index is -0.692. The number of rotatable bonds is 3. The van der Waals surface area contributed by atoms with E-state index in [4.69, 9.17) is 12.2 Å². The number of halogens is 1. The van der Waals surface area contributed by atoms with E-state index in [1.807, 2.05) is 0 Å². The standard InChI is InChI=1S/C10H10BrN3O/c1-2-4-7(12)10(15)14-8-5-3-6-13-9(8)11/h1,3,5-7H,4,12H2,(H,14,15). The molecule has 1 aromatic heterocycles. The molecule has 0 aliphatic carbocycles. The van der Waals surface area contributed by atoms with Crippen LogP contribution >= 0.6 is 15.9 Å². The molecule has 15 heavy (non-hydrogen) atoms. The van der Waals surface area contributed by atoms with E-state index in [1.165, 1.54) is 0 Å². The van der Waals surface area contributed by atoms with Crippen molar-refractivity contribution in [3.63, 3.8) is 0 Å². The van der Waals surface area contributed by atoms with Crippen molar-refractivity contribution in [1.29, 1.82) is 0 Å². The molecule has 0 saturated carbocycles. The lowest BCUT2D eigenvalue weighted by molar-refractivity contribution is -0.117. The smallest absolute Gasteiger partial charge is 0.242 e. The minimum Gasteiger partial charge on any atom is -0.322 e. The SMILES string of the molecule is C#CCC(N)C(=O)Nc1cccnc1Br. The van der Waals surface area contributed by atoms with Crippen LogP contribution < -0.4 is 11.1 Å². The summed E-state index contributed by atoms with van der Waals surface area (Å²) in [5, 5.41) is 2.63. The quantitative estimate of drug-likeness (QED) is 0.638. The van der Waals surface area contributed by atoms with E-state index >= 15 is 0 Å². The number of terminal acetylenes is 1. The predicted molar refractivity (Wildman–Crippen MR) is 62.0 cm³/mol. The van der Waals surface area contributed by atoms with Gasteiger partial charge in [0.15, 0.2) is 0 Å². The van der Waals surface area contributed by atoms with Gasteiger partial charge >= 0.3 is 0 Å². The fourth-order valence-corrected chi connectivity index (χ4v) is 1.27. The van der Waals surface area contributed by atoms with Crippen LogP contribution in [0.5, 0.6) is 0 Å². The maximum absolute atomic E-state index is 11.5. The molecule has 4 nitrogen and oxygen atoms in total. The Bertz CT molecular complexity index is 400. The van der Waals surface area contributed by atoms with E-state index in [1.54, 1.807) is 18.3 Å². The summed E-state index contributed by atoms with van der Waals surface area (Å²) in [6.45, 7) is 0. The monoisotopic (exact) mass is 267 g/mol. The van der Waals surface area contributed by atoms with Gasteiger partial charge < -0.3 is 11.1 Å². The number of nitrogens with two attached hydrogens (primary N) is 1. The second-order valence-corrected chi connectivity index (χ2v) is 3.60.